The van der Waals surface area contributed by atoms with Gasteiger partial charge in [0.05, 0.1) is 0 Å². The van der Waals surface area contributed by atoms with E-state index in [9.17, 15) is 9.18 Å². The van der Waals surface area contributed by atoms with Crippen LogP contribution in [0, 0.1) is 12.7 Å². The van der Waals surface area contributed by atoms with Crippen LogP contribution in [0.5, 0.6) is 0 Å². The molecule has 0 fully saturated rings. The fourth-order valence-corrected chi connectivity index (χ4v) is 1.95. The molecule has 102 valence electrons. The highest BCUT2D eigenvalue weighted by atomic mass is 32.1. The molecular formula is C15H13FN2OS. The van der Waals surface area contributed by atoms with E-state index in [1.165, 1.54) is 12.1 Å². The summed E-state index contributed by atoms with van der Waals surface area (Å²) < 4.78 is 13.3. The average Bonchev–Trinajstić information content (AvgIpc) is 2.37. The Labute approximate surface area is 121 Å². The first-order valence-corrected chi connectivity index (χ1v) is 6.35. The maximum Gasteiger partial charge on any atom is 0.255 e. The summed E-state index contributed by atoms with van der Waals surface area (Å²) in [7, 11) is 0. The zero-order valence-electron chi connectivity index (χ0n) is 10.8. The van der Waals surface area contributed by atoms with Gasteiger partial charge in [0.1, 0.15) is 10.8 Å². The Balaban J connectivity index is 2.23. The lowest BCUT2D eigenvalue weighted by Crippen LogP contribution is -2.15. The first-order chi connectivity index (χ1) is 9.45. The number of amides is 1. The molecular weight excluding hydrogens is 275 g/mol. The molecule has 20 heavy (non-hydrogen) atoms. The second kappa shape index (κ2) is 5.79. The van der Waals surface area contributed by atoms with Crippen LogP contribution in [0.3, 0.4) is 0 Å². The van der Waals surface area contributed by atoms with Crippen LogP contribution in [0.1, 0.15) is 21.5 Å². The normalized spacial score (nSPS) is 10.1. The van der Waals surface area contributed by atoms with Crippen LogP contribution in [-0.4, -0.2) is 10.9 Å². The number of halogens is 1. The van der Waals surface area contributed by atoms with Gasteiger partial charge in [-0.1, -0.05) is 24.4 Å². The molecule has 0 bridgehead atoms. The zero-order valence-corrected chi connectivity index (χ0v) is 11.6. The summed E-state index contributed by atoms with van der Waals surface area (Å²) in [5, 5.41) is 2.64. The minimum atomic E-state index is -0.391. The van der Waals surface area contributed by atoms with Gasteiger partial charge in [-0.25, -0.2) is 4.39 Å². The molecule has 0 aliphatic heterocycles. The number of thiocarbonyl (C=S) groups is 1. The third-order valence-electron chi connectivity index (χ3n) is 2.71. The van der Waals surface area contributed by atoms with Gasteiger partial charge in [-0.15, -0.1) is 0 Å². The maximum atomic E-state index is 13.3. The largest absolute Gasteiger partial charge is 0.389 e. The van der Waals surface area contributed by atoms with E-state index in [2.05, 4.69) is 5.32 Å². The third-order valence-corrected chi connectivity index (χ3v) is 2.94. The van der Waals surface area contributed by atoms with Gasteiger partial charge in [-0.2, -0.15) is 0 Å². The molecule has 0 unspecified atom stereocenters. The van der Waals surface area contributed by atoms with Gasteiger partial charge in [-0.3, -0.25) is 4.79 Å². The van der Waals surface area contributed by atoms with Gasteiger partial charge in [0.2, 0.25) is 0 Å². The molecule has 2 rings (SSSR count). The first-order valence-electron chi connectivity index (χ1n) is 5.94. The summed E-state index contributed by atoms with van der Waals surface area (Å²) >= 11 is 4.87. The smallest absolute Gasteiger partial charge is 0.255 e. The summed E-state index contributed by atoms with van der Waals surface area (Å²) in [6.45, 7) is 1.76. The number of aryl methyl sites for hydroxylation is 1. The van der Waals surface area contributed by atoms with Gasteiger partial charge < -0.3 is 11.1 Å². The Morgan fingerprint density at radius 2 is 1.90 bits per heavy atom. The molecule has 0 spiro atoms. The number of rotatable bonds is 3. The number of carbonyl (C=O) groups excluding carboxylic acids is 1. The lowest BCUT2D eigenvalue weighted by atomic mass is 10.1. The van der Waals surface area contributed by atoms with E-state index in [0.29, 0.717) is 16.8 Å². The zero-order chi connectivity index (χ0) is 14.7. The minimum absolute atomic E-state index is 0.223. The highest BCUT2D eigenvalue weighted by molar-refractivity contribution is 7.80. The van der Waals surface area contributed by atoms with Crippen molar-refractivity contribution in [1.82, 2.24) is 0 Å². The fourth-order valence-electron chi connectivity index (χ4n) is 1.83. The molecule has 3 nitrogen and oxygen atoms in total. The predicted molar refractivity (Wildman–Crippen MR) is 81.4 cm³/mol. The maximum absolute atomic E-state index is 13.3. The van der Waals surface area contributed by atoms with Crippen molar-refractivity contribution in [3.05, 3.63) is 65.0 Å². The van der Waals surface area contributed by atoms with Crippen molar-refractivity contribution in [3.63, 3.8) is 0 Å². The number of nitrogens with one attached hydrogen (secondary N) is 1. The first kappa shape index (κ1) is 14.1. The van der Waals surface area contributed by atoms with Crippen molar-refractivity contribution in [2.24, 2.45) is 5.73 Å². The Hall–Kier alpha value is -2.27. The predicted octanol–water partition coefficient (Wildman–Crippen LogP) is 3.02. The summed E-state index contributed by atoms with van der Waals surface area (Å²) in [5.74, 6) is -0.731. The van der Waals surface area contributed by atoms with Crippen LogP contribution in [0.15, 0.2) is 42.5 Å². The monoisotopic (exact) mass is 288 g/mol. The molecule has 0 heterocycles. The molecule has 2 aromatic rings. The molecule has 1 amide bonds. The molecule has 0 saturated carbocycles. The van der Waals surface area contributed by atoms with E-state index in [-0.39, 0.29) is 10.9 Å². The number of benzene rings is 2. The van der Waals surface area contributed by atoms with Crippen molar-refractivity contribution >= 4 is 28.8 Å². The van der Waals surface area contributed by atoms with Crippen LogP contribution in [0.4, 0.5) is 10.1 Å². The van der Waals surface area contributed by atoms with Gasteiger partial charge in [0, 0.05) is 16.8 Å². The summed E-state index contributed by atoms with van der Waals surface area (Å²) in [5.41, 5.74) is 7.70. The third kappa shape index (κ3) is 3.39. The number of anilines is 1. The Morgan fingerprint density at radius 3 is 2.55 bits per heavy atom. The minimum Gasteiger partial charge on any atom is -0.389 e. The standard InChI is InChI=1S/C15H13FN2OS/c1-9-5-12(16)8-13(6-9)18-15(19)11-4-2-3-10(7-11)14(17)20/h2-8H,1H3,(H2,17,20)(H,18,19). The van der Waals surface area contributed by atoms with E-state index >= 15 is 0 Å². The van der Waals surface area contributed by atoms with E-state index < -0.39 is 5.82 Å². The Morgan fingerprint density at radius 1 is 1.20 bits per heavy atom. The summed E-state index contributed by atoms with van der Waals surface area (Å²) in [6.07, 6.45) is 0. The molecule has 5 heteroatoms. The molecule has 0 aliphatic rings. The molecule has 3 N–H and O–H groups in total. The van der Waals surface area contributed by atoms with Crippen LogP contribution >= 0.6 is 12.2 Å². The Bertz CT molecular complexity index is 665. The van der Waals surface area contributed by atoms with E-state index in [1.54, 1.807) is 37.3 Å². The van der Waals surface area contributed by atoms with Crippen molar-refractivity contribution in [1.29, 1.82) is 0 Å². The van der Waals surface area contributed by atoms with Gasteiger partial charge in [-0.05, 0) is 42.8 Å². The van der Waals surface area contributed by atoms with Gasteiger partial charge in [0.25, 0.3) is 5.91 Å². The number of carbonyl (C=O) groups is 1. The molecule has 2 aromatic carbocycles. The van der Waals surface area contributed by atoms with Crippen LogP contribution in [0.2, 0.25) is 0 Å². The molecule has 0 aromatic heterocycles. The topological polar surface area (TPSA) is 55.1 Å². The molecule has 0 radical (unpaired) electrons. The Kier molecular flexibility index (Phi) is 4.10. The van der Waals surface area contributed by atoms with Crippen LogP contribution in [-0.2, 0) is 0 Å². The van der Waals surface area contributed by atoms with Crippen molar-refractivity contribution < 1.29 is 9.18 Å². The molecule has 0 atom stereocenters. The van der Waals surface area contributed by atoms with Crippen molar-refractivity contribution in [2.75, 3.05) is 5.32 Å². The number of hydrogen-bond donors (Lipinski definition) is 2. The number of hydrogen-bond acceptors (Lipinski definition) is 2. The van der Waals surface area contributed by atoms with E-state index in [1.807, 2.05) is 0 Å². The van der Waals surface area contributed by atoms with Crippen molar-refractivity contribution in [2.45, 2.75) is 6.92 Å². The summed E-state index contributed by atoms with van der Waals surface area (Å²) in [4.78, 5) is 12.3. The average molecular weight is 288 g/mol. The van der Waals surface area contributed by atoms with Crippen LogP contribution in [0.25, 0.3) is 0 Å². The van der Waals surface area contributed by atoms with Gasteiger partial charge in [0.15, 0.2) is 0 Å². The van der Waals surface area contributed by atoms with E-state index in [4.69, 9.17) is 18.0 Å². The fraction of sp³-hybridized carbons (Fsp3) is 0.0667. The lowest BCUT2D eigenvalue weighted by Gasteiger charge is -2.07. The molecule has 0 aliphatic carbocycles. The quantitative estimate of drug-likeness (QED) is 0.854. The number of nitrogens with two attached hydrogens (primary N) is 1. The second-order valence-corrected chi connectivity index (χ2v) is 4.86. The van der Waals surface area contributed by atoms with E-state index in [0.717, 1.165) is 5.56 Å². The summed E-state index contributed by atoms with van der Waals surface area (Å²) in [6, 6.07) is 11.0. The highest BCUT2D eigenvalue weighted by Gasteiger charge is 2.08. The van der Waals surface area contributed by atoms with Crippen molar-refractivity contribution in [3.8, 4) is 0 Å². The van der Waals surface area contributed by atoms with Gasteiger partial charge >= 0.3 is 0 Å². The SMILES string of the molecule is Cc1cc(F)cc(NC(=O)c2cccc(C(N)=S)c2)c1. The lowest BCUT2D eigenvalue weighted by molar-refractivity contribution is 0.102. The highest BCUT2D eigenvalue weighted by Crippen LogP contribution is 2.15. The van der Waals surface area contributed by atoms with Crippen LogP contribution < -0.4 is 11.1 Å². The second-order valence-electron chi connectivity index (χ2n) is 4.42. The molecule has 0 saturated heterocycles.